The maximum Gasteiger partial charge on any atom is 0.303 e. The Morgan fingerprint density at radius 3 is 2.56 bits per heavy atom. The lowest BCUT2D eigenvalue weighted by Gasteiger charge is -2.16. The second kappa shape index (κ2) is 6.50. The van der Waals surface area contributed by atoms with Crippen LogP contribution in [0.3, 0.4) is 0 Å². The van der Waals surface area contributed by atoms with E-state index in [4.69, 9.17) is 26.2 Å². The number of hydrogen-bond donors (Lipinski definition) is 1. The van der Waals surface area contributed by atoms with Crippen molar-refractivity contribution < 1.29 is 19.4 Å². The normalized spacial score (nSPS) is 10.2. The van der Waals surface area contributed by atoms with Crippen molar-refractivity contribution in [2.75, 3.05) is 14.2 Å². The summed E-state index contributed by atoms with van der Waals surface area (Å²) < 4.78 is 10.5. The van der Waals surface area contributed by atoms with Crippen LogP contribution >= 0.6 is 11.6 Å². The zero-order valence-electron chi connectivity index (χ0n) is 10.7. The average molecular weight is 273 g/mol. The smallest absolute Gasteiger partial charge is 0.303 e. The predicted molar refractivity (Wildman–Crippen MR) is 69.9 cm³/mol. The molecule has 5 heteroatoms. The quantitative estimate of drug-likeness (QED) is 0.865. The van der Waals surface area contributed by atoms with Gasteiger partial charge in [0.05, 0.1) is 14.2 Å². The first-order valence-electron chi connectivity index (χ1n) is 5.63. The fraction of sp³-hybridized carbons (Fsp3) is 0.462. The number of aliphatic carboxylic acids is 1. The zero-order valence-corrected chi connectivity index (χ0v) is 11.5. The molecule has 0 unspecified atom stereocenters. The van der Waals surface area contributed by atoms with E-state index in [1.165, 1.54) is 0 Å². The third kappa shape index (κ3) is 3.29. The number of ether oxygens (including phenoxy) is 2. The van der Waals surface area contributed by atoms with Gasteiger partial charge in [-0.25, -0.2) is 0 Å². The van der Waals surface area contributed by atoms with Crippen LogP contribution < -0.4 is 9.47 Å². The minimum absolute atomic E-state index is 0.122. The molecule has 0 saturated carbocycles. The van der Waals surface area contributed by atoms with Crippen molar-refractivity contribution in [3.05, 3.63) is 22.2 Å². The molecule has 0 fully saturated rings. The first-order chi connectivity index (χ1) is 8.51. The maximum absolute atomic E-state index is 10.5. The third-order valence-corrected chi connectivity index (χ3v) is 3.20. The van der Waals surface area contributed by atoms with E-state index in [-0.39, 0.29) is 6.42 Å². The standard InChI is InChI=1S/C13H17ClO4/c1-8-9(5-4-6-12(15)16)13(18-3)11(17-2)7-10(8)14/h7H,4-6H2,1-3H3,(H,15,16). The van der Waals surface area contributed by atoms with Crippen molar-refractivity contribution in [2.45, 2.75) is 26.2 Å². The highest BCUT2D eigenvalue weighted by atomic mass is 35.5. The molecule has 0 amide bonds. The Kier molecular flexibility index (Phi) is 5.28. The summed E-state index contributed by atoms with van der Waals surface area (Å²) in [6, 6.07) is 1.70. The number of carboxylic acid groups (broad SMARTS) is 1. The molecule has 0 aliphatic carbocycles. The van der Waals surface area contributed by atoms with Gasteiger partial charge in [0.1, 0.15) is 0 Å². The van der Waals surface area contributed by atoms with Crippen LogP contribution in [0, 0.1) is 6.92 Å². The Labute approximate surface area is 111 Å². The molecule has 0 heterocycles. The maximum atomic E-state index is 10.5. The van der Waals surface area contributed by atoms with Gasteiger partial charge in [0.2, 0.25) is 0 Å². The first-order valence-corrected chi connectivity index (χ1v) is 6.00. The highest BCUT2D eigenvalue weighted by Gasteiger charge is 2.16. The van der Waals surface area contributed by atoms with Gasteiger partial charge >= 0.3 is 5.97 Å². The Morgan fingerprint density at radius 2 is 2.06 bits per heavy atom. The van der Waals surface area contributed by atoms with E-state index in [1.54, 1.807) is 20.3 Å². The molecule has 0 aliphatic heterocycles. The molecule has 0 bridgehead atoms. The number of benzene rings is 1. The van der Waals surface area contributed by atoms with Crippen LogP contribution in [0.2, 0.25) is 5.02 Å². The predicted octanol–water partition coefficient (Wildman–Crippen LogP) is 3.07. The first kappa shape index (κ1) is 14.6. The van der Waals surface area contributed by atoms with Crippen LogP contribution in [-0.2, 0) is 11.2 Å². The van der Waals surface area contributed by atoms with E-state index >= 15 is 0 Å². The molecule has 1 N–H and O–H groups in total. The molecule has 1 rings (SSSR count). The lowest BCUT2D eigenvalue weighted by Crippen LogP contribution is -2.02. The Balaban J connectivity index is 3.06. The summed E-state index contributed by atoms with van der Waals surface area (Å²) in [4.78, 5) is 10.5. The molecule has 0 atom stereocenters. The van der Waals surface area contributed by atoms with Crippen LogP contribution in [-0.4, -0.2) is 25.3 Å². The molecule has 0 radical (unpaired) electrons. The Bertz CT molecular complexity index is 443. The second-order valence-corrected chi connectivity index (χ2v) is 4.35. The molecule has 0 spiro atoms. The van der Waals surface area contributed by atoms with Gasteiger partial charge in [-0.15, -0.1) is 0 Å². The van der Waals surface area contributed by atoms with Crippen molar-refractivity contribution in [3.63, 3.8) is 0 Å². The highest BCUT2D eigenvalue weighted by Crippen LogP contribution is 2.38. The summed E-state index contributed by atoms with van der Waals surface area (Å²) in [7, 11) is 3.11. The fourth-order valence-corrected chi connectivity index (χ4v) is 2.06. The number of carbonyl (C=O) groups is 1. The van der Waals surface area contributed by atoms with Crippen molar-refractivity contribution in [1.82, 2.24) is 0 Å². The average Bonchev–Trinajstić information content (AvgIpc) is 2.33. The van der Waals surface area contributed by atoms with Gasteiger partial charge < -0.3 is 14.6 Å². The lowest BCUT2D eigenvalue weighted by molar-refractivity contribution is -0.137. The van der Waals surface area contributed by atoms with Crippen LogP contribution in [0.15, 0.2) is 6.07 Å². The third-order valence-electron chi connectivity index (χ3n) is 2.81. The second-order valence-electron chi connectivity index (χ2n) is 3.94. The largest absolute Gasteiger partial charge is 0.493 e. The molecule has 0 aliphatic rings. The summed E-state index contributed by atoms with van der Waals surface area (Å²) in [5.74, 6) is 0.392. The molecular formula is C13H17ClO4. The van der Waals surface area contributed by atoms with E-state index in [0.717, 1.165) is 11.1 Å². The number of carboxylic acids is 1. The Morgan fingerprint density at radius 1 is 1.39 bits per heavy atom. The van der Waals surface area contributed by atoms with Crippen LogP contribution in [0.25, 0.3) is 0 Å². The fourth-order valence-electron chi connectivity index (χ4n) is 1.84. The molecule has 4 nitrogen and oxygen atoms in total. The minimum Gasteiger partial charge on any atom is -0.493 e. The number of halogens is 1. The number of rotatable bonds is 6. The van der Waals surface area contributed by atoms with E-state index in [0.29, 0.717) is 29.4 Å². The molecule has 0 aromatic heterocycles. The van der Waals surface area contributed by atoms with Gasteiger partial charge in [-0.3, -0.25) is 4.79 Å². The molecule has 0 saturated heterocycles. The number of hydrogen-bond acceptors (Lipinski definition) is 3. The molecular weight excluding hydrogens is 256 g/mol. The van der Waals surface area contributed by atoms with Crippen molar-refractivity contribution in [3.8, 4) is 11.5 Å². The SMILES string of the molecule is COc1cc(Cl)c(C)c(CCCC(=O)O)c1OC. The van der Waals surface area contributed by atoms with Crippen molar-refractivity contribution in [1.29, 1.82) is 0 Å². The van der Waals surface area contributed by atoms with E-state index in [9.17, 15) is 4.79 Å². The molecule has 1 aromatic rings. The van der Waals surface area contributed by atoms with Gasteiger partial charge in [0.15, 0.2) is 11.5 Å². The Hall–Kier alpha value is -1.42. The summed E-state index contributed by atoms with van der Waals surface area (Å²) in [6.07, 6.45) is 1.26. The summed E-state index contributed by atoms with van der Waals surface area (Å²) in [6.45, 7) is 1.89. The van der Waals surface area contributed by atoms with E-state index in [1.807, 2.05) is 6.92 Å². The van der Waals surface area contributed by atoms with Crippen molar-refractivity contribution >= 4 is 17.6 Å². The van der Waals surface area contributed by atoms with Crippen LogP contribution in [0.5, 0.6) is 11.5 Å². The zero-order chi connectivity index (χ0) is 13.7. The van der Waals surface area contributed by atoms with Gasteiger partial charge in [0, 0.05) is 23.1 Å². The topological polar surface area (TPSA) is 55.8 Å². The molecule has 18 heavy (non-hydrogen) atoms. The highest BCUT2D eigenvalue weighted by molar-refractivity contribution is 6.31. The van der Waals surface area contributed by atoms with Crippen LogP contribution in [0.1, 0.15) is 24.0 Å². The van der Waals surface area contributed by atoms with Gasteiger partial charge in [0.25, 0.3) is 0 Å². The monoisotopic (exact) mass is 272 g/mol. The van der Waals surface area contributed by atoms with E-state index in [2.05, 4.69) is 0 Å². The lowest BCUT2D eigenvalue weighted by atomic mass is 10.0. The van der Waals surface area contributed by atoms with E-state index < -0.39 is 5.97 Å². The van der Waals surface area contributed by atoms with Crippen molar-refractivity contribution in [2.24, 2.45) is 0 Å². The van der Waals surface area contributed by atoms with Gasteiger partial charge in [-0.2, -0.15) is 0 Å². The molecule has 100 valence electrons. The summed E-state index contributed by atoms with van der Waals surface area (Å²) >= 11 is 6.12. The van der Waals surface area contributed by atoms with Gasteiger partial charge in [-0.1, -0.05) is 11.6 Å². The summed E-state index contributed by atoms with van der Waals surface area (Å²) in [5, 5.41) is 9.26. The minimum atomic E-state index is -0.805. The van der Waals surface area contributed by atoms with Crippen LogP contribution in [0.4, 0.5) is 0 Å². The molecule has 1 aromatic carbocycles. The van der Waals surface area contributed by atoms with Gasteiger partial charge in [-0.05, 0) is 25.3 Å². The number of methoxy groups -OCH3 is 2. The summed E-state index contributed by atoms with van der Waals surface area (Å²) in [5.41, 5.74) is 1.81.